The van der Waals surface area contributed by atoms with Gasteiger partial charge < -0.3 is 14.8 Å². The molecule has 0 radical (unpaired) electrons. The molecular weight excluding hydrogens is 402 g/mol. The number of ether oxygens (including phenoxy) is 2. The largest absolute Gasteiger partial charge is 0.452 e. The summed E-state index contributed by atoms with van der Waals surface area (Å²) < 4.78 is 85.5. The molecule has 1 aromatic rings. The van der Waals surface area contributed by atoms with Crippen LogP contribution in [-0.4, -0.2) is 44.8 Å². The third-order valence-corrected chi connectivity index (χ3v) is 3.00. The van der Waals surface area contributed by atoms with Crippen LogP contribution in [0.3, 0.4) is 0 Å². The molecule has 0 aliphatic carbocycles. The molecule has 1 rings (SSSR count). The van der Waals surface area contributed by atoms with Crippen molar-refractivity contribution in [1.29, 1.82) is 0 Å². The molecule has 156 valence electrons. The molecule has 28 heavy (non-hydrogen) atoms. The fourth-order valence-corrected chi connectivity index (χ4v) is 1.76. The summed E-state index contributed by atoms with van der Waals surface area (Å²) in [5.41, 5.74) is -4.48. The monoisotopic (exact) mass is 416 g/mol. The van der Waals surface area contributed by atoms with E-state index in [-0.39, 0.29) is 31.4 Å². The van der Waals surface area contributed by atoms with Crippen LogP contribution in [0.2, 0.25) is 0 Å². The van der Waals surface area contributed by atoms with Crippen LogP contribution in [0.1, 0.15) is 21.5 Å². The molecule has 0 saturated carbocycles. The highest BCUT2D eigenvalue weighted by Gasteiger charge is 2.37. The number of amides is 3. The first-order chi connectivity index (χ1) is 12.8. The zero-order valence-corrected chi connectivity index (χ0v) is 14.2. The first-order valence-corrected chi connectivity index (χ1v) is 7.38. The number of hydrogen-bond donors (Lipinski definition) is 2. The fraction of sp³-hybridized carbons (Fsp3) is 0.400. The molecule has 1 aromatic carbocycles. The van der Waals surface area contributed by atoms with Crippen LogP contribution in [0.4, 0.5) is 31.1 Å². The topological polar surface area (TPSA) is 93.7 Å². The summed E-state index contributed by atoms with van der Waals surface area (Å²) in [5, 5.41) is 3.93. The minimum atomic E-state index is -5.14. The average molecular weight is 416 g/mol. The van der Waals surface area contributed by atoms with E-state index < -0.39 is 53.6 Å². The molecule has 0 atom stereocenters. The Kier molecular flexibility index (Phi) is 7.78. The van der Waals surface area contributed by atoms with Crippen molar-refractivity contribution in [2.24, 2.45) is 0 Å². The molecule has 0 aliphatic rings. The predicted molar refractivity (Wildman–Crippen MR) is 80.1 cm³/mol. The lowest BCUT2D eigenvalue weighted by Gasteiger charge is -2.14. The number of alkyl halides is 6. The van der Waals surface area contributed by atoms with Crippen molar-refractivity contribution >= 4 is 17.9 Å². The Morgan fingerprint density at radius 3 is 1.96 bits per heavy atom. The smallest absolute Gasteiger partial charge is 0.416 e. The van der Waals surface area contributed by atoms with E-state index in [4.69, 9.17) is 0 Å². The highest BCUT2D eigenvalue weighted by atomic mass is 19.4. The first kappa shape index (κ1) is 23.2. The van der Waals surface area contributed by atoms with Gasteiger partial charge in [-0.3, -0.25) is 10.1 Å². The lowest BCUT2D eigenvalue weighted by Crippen LogP contribution is -2.42. The van der Waals surface area contributed by atoms with Crippen molar-refractivity contribution in [2.75, 3.05) is 26.9 Å². The third-order valence-electron chi connectivity index (χ3n) is 3.00. The van der Waals surface area contributed by atoms with Gasteiger partial charge in [0, 0.05) is 13.7 Å². The molecule has 0 aliphatic heterocycles. The molecule has 0 unspecified atom stereocenters. The van der Waals surface area contributed by atoms with E-state index in [0.29, 0.717) is 0 Å². The van der Waals surface area contributed by atoms with E-state index in [0.717, 1.165) is 0 Å². The summed E-state index contributed by atoms with van der Waals surface area (Å²) in [5.74, 6) is -2.75. The van der Waals surface area contributed by atoms with Gasteiger partial charge in [0.2, 0.25) is 0 Å². The second kappa shape index (κ2) is 9.39. The lowest BCUT2D eigenvalue weighted by molar-refractivity contribution is -0.143. The van der Waals surface area contributed by atoms with Gasteiger partial charge in [-0.15, -0.1) is 0 Å². The maximum Gasteiger partial charge on any atom is 0.416 e. The summed E-state index contributed by atoms with van der Waals surface area (Å²) in [7, 11) is 1.36. The van der Waals surface area contributed by atoms with Crippen molar-refractivity contribution in [3.8, 4) is 0 Å². The summed E-state index contributed by atoms with van der Waals surface area (Å²) in [6, 6.07) is -0.801. The normalized spacial score (nSPS) is 11.7. The predicted octanol–water partition coefficient (Wildman–Crippen LogP) is 2.35. The summed E-state index contributed by atoms with van der Waals surface area (Å²) in [4.78, 5) is 34.4. The van der Waals surface area contributed by atoms with Gasteiger partial charge in [0.1, 0.15) is 0 Å². The summed E-state index contributed by atoms with van der Waals surface area (Å²) in [6.45, 7) is -0.901. The summed E-state index contributed by atoms with van der Waals surface area (Å²) >= 11 is 0. The molecule has 2 N–H and O–H groups in total. The van der Waals surface area contributed by atoms with Gasteiger partial charge in [-0.25, -0.2) is 9.59 Å². The molecule has 0 bridgehead atoms. The minimum absolute atomic E-state index is 0.0554. The SMILES string of the molecule is COCCNC(=O)NC(=O)COC(=O)c1cc(C(F)(F)F)cc(C(F)(F)F)c1. The Labute approximate surface area is 154 Å². The number of carbonyl (C=O) groups is 3. The maximum absolute atomic E-state index is 12.7. The van der Waals surface area contributed by atoms with Crippen molar-refractivity contribution in [1.82, 2.24) is 10.6 Å². The minimum Gasteiger partial charge on any atom is -0.452 e. The first-order valence-electron chi connectivity index (χ1n) is 7.38. The van der Waals surface area contributed by atoms with E-state index in [2.05, 4.69) is 14.8 Å². The van der Waals surface area contributed by atoms with E-state index in [9.17, 15) is 40.7 Å². The van der Waals surface area contributed by atoms with Gasteiger partial charge in [-0.1, -0.05) is 0 Å². The zero-order valence-electron chi connectivity index (χ0n) is 14.2. The van der Waals surface area contributed by atoms with Gasteiger partial charge in [0.25, 0.3) is 5.91 Å². The van der Waals surface area contributed by atoms with Crippen LogP contribution >= 0.6 is 0 Å². The molecule has 0 spiro atoms. The van der Waals surface area contributed by atoms with Crippen molar-refractivity contribution in [2.45, 2.75) is 12.4 Å². The van der Waals surface area contributed by atoms with Gasteiger partial charge >= 0.3 is 24.4 Å². The Bertz CT molecular complexity index is 700. The number of nitrogens with one attached hydrogen (secondary N) is 2. The van der Waals surface area contributed by atoms with Crippen LogP contribution < -0.4 is 10.6 Å². The Morgan fingerprint density at radius 2 is 1.50 bits per heavy atom. The quantitative estimate of drug-likeness (QED) is 0.422. The Morgan fingerprint density at radius 1 is 0.964 bits per heavy atom. The molecule has 7 nitrogen and oxygen atoms in total. The lowest BCUT2D eigenvalue weighted by atomic mass is 10.0. The number of methoxy groups -OCH3 is 1. The van der Waals surface area contributed by atoms with Gasteiger partial charge in [0.05, 0.1) is 23.3 Å². The molecule has 3 amide bonds. The number of urea groups is 1. The van der Waals surface area contributed by atoms with Crippen LogP contribution in [0.15, 0.2) is 18.2 Å². The molecule has 13 heteroatoms. The van der Waals surface area contributed by atoms with Gasteiger partial charge in [-0.05, 0) is 18.2 Å². The standard InChI is InChI=1S/C15H14F6N2O5/c1-27-3-2-22-13(26)23-11(24)7-28-12(25)8-4-9(14(16,17)18)6-10(5-8)15(19,20)21/h4-6H,2-3,7H2,1H3,(H2,22,23,24,26). The number of rotatable bonds is 6. The zero-order chi connectivity index (χ0) is 21.5. The molecule has 0 fully saturated rings. The molecule has 0 aromatic heterocycles. The number of esters is 1. The number of benzene rings is 1. The number of carbonyl (C=O) groups excluding carboxylic acids is 3. The highest BCUT2D eigenvalue weighted by Crippen LogP contribution is 2.36. The number of hydrogen-bond acceptors (Lipinski definition) is 5. The highest BCUT2D eigenvalue weighted by molar-refractivity contribution is 5.97. The van der Waals surface area contributed by atoms with E-state index >= 15 is 0 Å². The van der Waals surface area contributed by atoms with E-state index in [1.165, 1.54) is 7.11 Å². The average Bonchev–Trinajstić information content (AvgIpc) is 2.58. The Hall–Kier alpha value is -2.83. The van der Waals surface area contributed by atoms with E-state index in [1.54, 1.807) is 5.32 Å². The molecular formula is C15H14F6N2O5. The Balaban J connectivity index is 2.81. The van der Waals surface area contributed by atoms with Gasteiger partial charge in [-0.2, -0.15) is 26.3 Å². The van der Waals surface area contributed by atoms with Crippen LogP contribution in [-0.2, 0) is 26.6 Å². The third kappa shape index (κ3) is 7.42. The second-order valence-electron chi connectivity index (χ2n) is 5.17. The van der Waals surface area contributed by atoms with Crippen molar-refractivity contribution < 1.29 is 50.2 Å². The van der Waals surface area contributed by atoms with E-state index in [1.807, 2.05) is 0 Å². The van der Waals surface area contributed by atoms with Gasteiger partial charge in [0.15, 0.2) is 6.61 Å². The molecule has 0 heterocycles. The molecule has 0 saturated heterocycles. The number of imide groups is 1. The van der Waals surface area contributed by atoms with Crippen LogP contribution in [0.5, 0.6) is 0 Å². The maximum atomic E-state index is 12.7. The number of halogens is 6. The fourth-order valence-electron chi connectivity index (χ4n) is 1.76. The van der Waals surface area contributed by atoms with Crippen LogP contribution in [0.25, 0.3) is 0 Å². The second-order valence-corrected chi connectivity index (χ2v) is 5.17. The summed E-state index contributed by atoms with van der Waals surface area (Å²) in [6.07, 6.45) is -10.3. The van der Waals surface area contributed by atoms with Crippen molar-refractivity contribution in [3.05, 3.63) is 34.9 Å². The van der Waals surface area contributed by atoms with Crippen molar-refractivity contribution in [3.63, 3.8) is 0 Å². The van der Waals surface area contributed by atoms with Crippen LogP contribution in [0, 0.1) is 0 Å².